The molecule has 0 radical (unpaired) electrons. The van der Waals surface area contributed by atoms with E-state index in [0.717, 1.165) is 0 Å². The van der Waals surface area contributed by atoms with Gasteiger partial charge in [0.2, 0.25) is 0 Å². The number of benzene rings is 1. The fourth-order valence-corrected chi connectivity index (χ4v) is 6.10. The quantitative estimate of drug-likeness (QED) is 0.133. The Morgan fingerprint density at radius 1 is 0.979 bits per heavy atom. The molecule has 0 spiro atoms. The van der Waals surface area contributed by atoms with Crippen LogP contribution in [0.25, 0.3) is 5.52 Å². The number of nitrogens with two attached hydrogens (primary N) is 1. The van der Waals surface area contributed by atoms with Gasteiger partial charge >= 0.3 is 25.7 Å². The molecule has 1 aliphatic heterocycles. The highest BCUT2D eigenvalue weighted by Gasteiger charge is 2.52. The van der Waals surface area contributed by atoms with Crippen molar-refractivity contribution in [2.24, 2.45) is 11.8 Å². The largest absolute Gasteiger partial charge is 0.465 e. The van der Waals surface area contributed by atoms with Crippen LogP contribution in [0.4, 0.5) is 5.82 Å². The Morgan fingerprint density at radius 3 is 2.28 bits per heavy atom. The molecular formula is C31H42N5O10P. The normalized spacial score (nSPS) is 21.4. The Labute approximate surface area is 273 Å². The summed E-state index contributed by atoms with van der Waals surface area (Å²) < 4.78 is 50.7. The highest BCUT2D eigenvalue weighted by molar-refractivity contribution is 7.52. The topological polar surface area (TPSA) is 192 Å². The van der Waals surface area contributed by atoms with Crippen LogP contribution in [-0.4, -0.2) is 70.1 Å². The minimum Gasteiger partial charge on any atom is -0.465 e. The van der Waals surface area contributed by atoms with Crippen molar-refractivity contribution in [2.45, 2.75) is 78.4 Å². The van der Waals surface area contributed by atoms with Gasteiger partial charge < -0.3 is 29.2 Å². The second-order valence-electron chi connectivity index (χ2n) is 11.6. The molecule has 3 N–H and O–H groups in total. The smallest absolute Gasteiger partial charge is 0.459 e. The highest BCUT2D eigenvalue weighted by Crippen LogP contribution is 2.47. The summed E-state index contributed by atoms with van der Waals surface area (Å²) in [5.41, 5.74) is 6.96. The lowest BCUT2D eigenvalue weighted by Crippen LogP contribution is -2.42. The zero-order valence-electron chi connectivity index (χ0n) is 27.2. The van der Waals surface area contributed by atoms with Gasteiger partial charge in [-0.25, -0.2) is 14.1 Å². The minimum atomic E-state index is -4.33. The number of ether oxygens (including phenoxy) is 4. The summed E-state index contributed by atoms with van der Waals surface area (Å²) in [5.74, 6) is -2.46. The van der Waals surface area contributed by atoms with Gasteiger partial charge in [0, 0.05) is 0 Å². The van der Waals surface area contributed by atoms with Crippen molar-refractivity contribution in [1.29, 1.82) is 0 Å². The van der Waals surface area contributed by atoms with E-state index in [2.05, 4.69) is 15.2 Å². The average molecular weight is 676 g/mol. The summed E-state index contributed by atoms with van der Waals surface area (Å²) in [6.45, 7) is 9.65. The molecule has 1 fully saturated rings. The Kier molecular flexibility index (Phi) is 12.0. The number of carbonyl (C=O) groups excluding carboxylic acids is 3. The summed E-state index contributed by atoms with van der Waals surface area (Å²) >= 11 is 0. The van der Waals surface area contributed by atoms with E-state index >= 15 is 0 Å². The Hall–Kier alpha value is -4.04. The molecule has 4 rings (SSSR count). The fourth-order valence-electron chi connectivity index (χ4n) is 4.60. The molecule has 47 heavy (non-hydrogen) atoms. The predicted molar refractivity (Wildman–Crippen MR) is 169 cm³/mol. The van der Waals surface area contributed by atoms with Crippen molar-refractivity contribution in [2.75, 3.05) is 18.9 Å². The van der Waals surface area contributed by atoms with Crippen LogP contribution in [0.2, 0.25) is 0 Å². The van der Waals surface area contributed by atoms with E-state index in [0.29, 0.717) is 17.6 Å². The highest BCUT2D eigenvalue weighted by atomic mass is 31.2. The number of nitrogen functional groups attached to an aromatic ring is 1. The molecule has 3 heterocycles. The van der Waals surface area contributed by atoms with Crippen molar-refractivity contribution in [3.8, 4) is 5.75 Å². The Bertz CT molecular complexity index is 1580. The SMILES string of the molecule is CCCOC(=O)[C@H](C)N[P@](=O)(OC[C@H]1O[C@@H](c2ccc3c(N)ncnn23)[C@H](OC(=O)C(C)C)[C@@H]1OC(=O)C(C)C)Oc1ccccc1. The minimum absolute atomic E-state index is 0.178. The van der Waals surface area contributed by atoms with Gasteiger partial charge in [0.25, 0.3) is 0 Å². The molecule has 1 aliphatic rings. The van der Waals surface area contributed by atoms with Crippen molar-refractivity contribution in [1.82, 2.24) is 19.7 Å². The van der Waals surface area contributed by atoms with E-state index in [1.165, 1.54) is 17.8 Å². The number of nitrogens with zero attached hydrogens (tertiary/aromatic N) is 3. The number of nitrogens with one attached hydrogen (secondary N) is 1. The number of para-hydroxylation sites is 1. The monoisotopic (exact) mass is 675 g/mol. The van der Waals surface area contributed by atoms with Gasteiger partial charge in [0.15, 0.2) is 18.0 Å². The third-order valence-electron chi connectivity index (χ3n) is 7.09. The number of carbonyl (C=O) groups is 3. The molecule has 0 unspecified atom stereocenters. The summed E-state index contributed by atoms with van der Waals surface area (Å²) in [6.07, 6.45) is -2.67. The molecule has 0 bridgehead atoms. The van der Waals surface area contributed by atoms with Crippen molar-refractivity contribution in [3.05, 3.63) is 54.5 Å². The first-order valence-corrected chi connectivity index (χ1v) is 17.0. The second-order valence-corrected chi connectivity index (χ2v) is 13.3. The first-order chi connectivity index (χ1) is 22.3. The van der Waals surface area contributed by atoms with Crippen LogP contribution in [0.5, 0.6) is 5.75 Å². The molecule has 0 amide bonds. The number of rotatable bonds is 15. The van der Waals surface area contributed by atoms with Crippen molar-refractivity contribution in [3.63, 3.8) is 0 Å². The maximum atomic E-state index is 14.2. The van der Waals surface area contributed by atoms with Gasteiger partial charge in [-0.1, -0.05) is 52.8 Å². The Balaban J connectivity index is 1.70. The van der Waals surface area contributed by atoms with Crippen LogP contribution in [0.3, 0.4) is 0 Å². The molecule has 0 saturated carbocycles. The van der Waals surface area contributed by atoms with Crippen molar-refractivity contribution >= 4 is 37.0 Å². The third-order valence-corrected chi connectivity index (χ3v) is 8.73. The molecular weight excluding hydrogens is 633 g/mol. The molecule has 256 valence electrons. The van der Waals surface area contributed by atoms with E-state index in [4.69, 9.17) is 33.7 Å². The van der Waals surface area contributed by atoms with E-state index in [-0.39, 0.29) is 18.2 Å². The predicted octanol–water partition coefficient (Wildman–Crippen LogP) is 4.02. The molecule has 6 atom stereocenters. The number of hydrogen-bond donors (Lipinski definition) is 2. The van der Waals surface area contributed by atoms with Crippen LogP contribution in [-0.2, 0) is 42.4 Å². The summed E-state index contributed by atoms with van der Waals surface area (Å²) in [7, 11) is -4.33. The van der Waals surface area contributed by atoms with Gasteiger partial charge in [0.1, 0.15) is 35.8 Å². The lowest BCUT2D eigenvalue weighted by atomic mass is 10.0. The van der Waals surface area contributed by atoms with Crippen LogP contribution in [0.15, 0.2) is 48.8 Å². The molecule has 16 heteroatoms. The van der Waals surface area contributed by atoms with Gasteiger partial charge in [-0.15, -0.1) is 0 Å². The van der Waals surface area contributed by atoms with Crippen LogP contribution < -0.4 is 15.3 Å². The molecule has 1 saturated heterocycles. The lowest BCUT2D eigenvalue weighted by Gasteiger charge is -2.27. The summed E-state index contributed by atoms with van der Waals surface area (Å²) in [6, 6.07) is 10.5. The molecule has 1 aromatic carbocycles. The first-order valence-electron chi connectivity index (χ1n) is 15.4. The van der Waals surface area contributed by atoms with Crippen LogP contribution >= 0.6 is 7.75 Å². The van der Waals surface area contributed by atoms with Crippen molar-refractivity contribution < 1.29 is 46.9 Å². The number of fused-ring (bicyclic) bond motifs is 1. The van der Waals surface area contributed by atoms with Crippen LogP contribution in [0.1, 0.15) is 59.8 Å². The maximum Gasteiger partial charge on any atom is 0.459 e. The number of esters is 3. The average Bonchev–Trinajstić information content (AvgIpc) is 3.61. The maximum absolute atomic E-state index is 14.2. The zero-order chi connectivity index (χ0) is 34.3. The molecule has 3 aromatic rings. The Morgan fingerprint density at radius 2 is 1.64 bits per heavy atom. The van der Waals surface area contributed by atoms with E-state index in [9.17, 15) is 18.9 Å². The van der Waals surface area contributed by atoms with Crippen LogP contribution in [0, 0.1) is 11.8 Å². The molecule has 0 aliphatic carbocycles. The first kappa shape index (κ1) is 35.8. The van der Waals surface area contributed by atoms with Gasteiger partial charge in [-0.05, 0) is 37.6 Å². The zero-order valence-corrected chi connectivity index (χ0v) is 28.1. The van der Waals surface area contributed by atoms with Gasteiger partial charge in [0.05, 0.1) is 30.7 Å². The van der Waals surface area contributed by atoms with E-state index in [1.54, 1.807) is 70.2 Å². The van der Waals surface area contributed by atoms with E-state index in [1.807, 2.05) is 6.92 Å². The number of hydrogen-bond acceptors (Lipinski definition) is 13. The second kappa shape index (κ2) is 15.7. The van der Waals surface area contributed by atoms with Gasteiger partial charge in [-0.2, -0.15) is 10.2 Å². The standard InChI is InChI=1S/C31H42N5O10P/c1-7-15-41-31(39)20(6)35-47(40,46-21-11-9-8-10-12-21)42-16-24-26(44-29(37)18(2)3)27(45-30(38)19(4)5)25(43-24)22-13-14-23-28(32)33-17-34-36(22)23/h8-14,17-20,24-27H,7,15-16H2,1-6H3,(H,35,40)(H2,32,33,34)/t20-,24+,25-,26+,27-,47-/m0/s1. The van der Waals surface area contributed by atoms with Gasteiger partial charge in [-0.3, -0.25) is 18.9 Å². The summed E-state index contributed by atoms with van der Waals surface area (Å²) in [5, 5.41) is 6.91. The third kappa shape index (κ3) is 8.86. The number of aromatic nitrogens is 3. The number of anilines is 1. The lowest BCUT2D eigenvalue weighted by molar-refractivity contribution is -0.171. The molecule has 2 aromatic heterocycles. The van der Waals surface area contributed by atoms with E-state index < -0.39 is 74.6 Å². The fraction of sp³-hybridized carbons (Fsp3) is 0.516. The summed E-state index contributed by atoms with van der Waals surface area (Å²) in [4.78, 5) is 42.5. The molecule has 15 nitrogen and oxygen atoms in total.